The van der Waals surface area contributed by atoms with E-state index in [4.69, 9.17) is 12.2 Å². The molecule has 0 spiro atoms. The topological polar surface area (TPSA) is 38.7 Å². The lowest BCUT2D eigenvalue weighted by molar-refractivity contribution is 1.17. The summed E-state index contributed by atoms with van der Waals surface area (Å²) < 4.78 is 0. The fraction of sp³-hybridized carbons (Fsp3) is 0. The molecule has 0 N–H and O–H groups in total. The molecule has 0 fully saturated rings. The van der Waals surface area contributed by atoms with Crippen LogP contribution in [0.25, 0.3) is 11.4 Å². The fourth-order valence-electron chi connectivity index (χ4n) is 1.14. The average molecular weight is 201 g/mol. The third-order valence-electron chi connectivity index (χ3n) is 1.75. The summed E-state index contributed by atoms with van der Waals surface area (Å²) in [6.45, 7) is 0. The molecular weight excluding hydrogens is 194 g/mol. The molecule has 0 amide bonds. The second kappa shape index (κ2) is 4.02. The number of pyridine rings is 1. The van der Waals surface area contributed by atoms with Crippen LogP contribution < -0.4 is 0 Å². The molecule has 0 radical (unpaired) electrons. The third-order valence-corrected chi connectivity index (χ3v) is 1.97. The van der Waals surface area contributed by atoms with E-state index >= 15 is 0 Å². The van der Waals surface area contributed by atoms with Crippen molar-refractivity contribution in [2.45, 2.75) is 0 Å². The van der Waals surface area contributed by atoms with E-state index in [0.29, 0.717) is 5.69 Å². The van der Waals surface area contributed by atoms with Crippen LogP contribution in [0.15, 0.2) is 36.8 Å². The van der Waals surface area contributed by atoms with Gasteiger partial charge in [-0.1, -0.05) is 18.3 Å². The molecule has 0 bridgehead atoms. The number of thiocarbonyl (C=S) groups is 1. The number of hydrogen-bond donors (Lipinski definition) is 0. The van der Waals surface area contributed by atoms with Crippen LogP contribution in [0.5, 0.6) is 0 Å². The molecule has 0 saturated heterocycles. The Kier molecular flexibility index (Phi) is 2.55. The Bertz CT molecular complexity index is 442. The molecule has 0 unspecified atom stereocenters. The first-order chi connectivity index (χ1) is 6.92. The van der Waals surface area contributed by atoms with Crippen molar-refractivity contribution in [3.05, 3.63) is 42.5 Å². The lowest BCUT2D eigenvalue weighted by Gasteiger charge is -2.00. The van der Waals surface area contributed by atoms with Gasteiger partial charge in [-0.15, -0.1) is 0 Å². The predicted molar refractivity (Wildman–Crippen MR) is 58.0 cm³/mol. The molecule has 0 aromatic carbocycles. The van der Waals surface area contributed by atoms with Crippen LogP contribution in [-0.4, -0.2) is 20.3 Å². The summed E-state index contributed by atoms with van der Waals surface area (Å²) in [4.78, 5) is 12.5. The maximum Gasteiger partial charge on any atom is 0.115 e. The van der Waals surface area contributed by atoms with E-state index in [-0.39, 0.29) is 0 Å². The van der Waals surface area contributed by atoms with Crippen molar-refractivity contribution in [2.24, 2.45) is 0 Å². The Morgan fingerprint density at radius 3 is 2.57 bits per heavy atom. The van der Waals surface area contributed by atoms with Crippen molar-refractivity contribution in [3.63, 3.8) is 0 Å². The van der Waals surface area contributed by atoms with Crippen LogP contribution in [0.2, 0.25) is 0 Å². The Hall–Kier alpha value is -1.68. The van der Waals surface area contributed by atoms with Crippen molar-refractivity contribution in [3.8, 4) is 11.4 Å². The summed E-state index contributed by atoms with van der Waals surface area (Å²) in [6.07, 6.45) is 4.97. The number of nitrogens with zero attached hydrogens (tertiary/aromatic N) is 3. The van der Waals surface area contributed by atoms with Gasteiger partial charge in [-0.3, -0.25) is 15.0 Å². The minimum atomic E-state index is 0.682. The molecule has 14 heavy (non-hydrogen) atoms. The Morgan fingerprint density at radius 1 is 1.00 bits per heavy atom. The lowest BCUT2D eigenvalue weighted by Crippen LogP contribution is -1.95. The Morgan fingerprint density at radius 2 is 1.86 bits per heavy atom. The Labute approximate surface area is 86.9 Å². The zero-order chi connectivity index (χ0) is 9.80. The SMILES string of the molecule is S=Cc1nccnc1-c1ccccn1. The van der Waals surface area contributed by atoms with E-state index in [1.54, 1.807) is 18.6 Å². The molecule has 0 saturated carbocycles. The van der Waals surface area contributed by atoms with Crippen LogP contribution in [-0.2, 0) is 0 Å². The van der Waals surface area contributed by atoms with Gasteiger partial charge in [-0.25, -0.2) is 0 Å². The first-order valence-corrected chi connectivity index (χ1v) is 4.56. The molecule has 2 aromatic heterocycles. The van der Waals surface area contributed by atoms with Crippen LogP contribution in [0.1, 0.15) is 5.69 Å². The van der Waals surface area contributed by atoms with Crippen molar-refractivity contribution in [1.82, 2.24) is 15.0 Å². The molecule has 0 atom stereocenters. The summed E-state index contributed by atoms with van der Waals surface area (Å²) in [6, 6.07) is 5.65. The molecule has 2 aromatic rings. The summed E-state index contributed by atoms with van der Waals surface area (Å²) in [5.41, 5.74) is 2.20. The highest BCUT2D eigenvalue weighted by molar-refractivity contribution is 7.79. The second-order valence-corrected chi connectivity index (χ2v) is 2.86. The molecule has 0 aliphatic heterocycles. The highest BCUT2D eigenvalue weighted by atomic mass is 32.1. The van der Waals surface area contributed by atoms with Gasteiger partial charge in [0.25, 0.3) is 0 Å². The smallest absolute Gasteiger partial charge is 0.115 e. The largest absolute Gasteiger partial charge is 0.255 e. The average Bonchev–Trinajstić information content (AvgIpc) is 2.30. The predicted octanol–water partition coefficient (Wildman–Crippen LogP) is 1.89. The van der Waals surface area contributed by atoms with E-state index in [0.717, 1.165) is 11.4 Å². The molecule has 0 aliphatic carbocycles. The quantitative estimate of drug-likeness (QED) is 0.695. The summed E-state index contributed by atoms with van der Waals surface area (Å²) in [7, 11) is 0. The van der Waals surface area contributed by atoms with Gasteiger partial charge in [0.05, 0.1) is 5.69 Å². The normalized spacial score (nSPS) is 9.71. The van der Waals surface area contributed by atoms with Crippen molar-refractivity contribution in [2.75, 3.05) is 0 Å². The van der Waals surface area contributed by atoms with Crippen LogP contribution in [0.4, 0.5) is 0 Å². The zero-order valence-electron chi connectivity index (χ0n) is 7.29. The zero-order valence-corrected chi connectivity index (χ0v) is 8.11. The standard InChI is InChI=1S/C10H7N3S/c14-7-9-10(13-6-5-12-9)8-3-1-2-4-11-8/h1-7H. The van der Waals surface area contributed by atoms with E-state index in [1.165, 1.54) is 5.37 Å². The van der Waals surface area contributed by atoms with Gasteiger partial charge in [0.1, 0.15) is 11.4 Å². The second-order valence-electron chi connectivity index (χ2n) is 2.62. The summed E-state index contributed by atoms with van der Waals surface area (Å²) in [5, 5.41) is 1.51. The maximum atomic E-state index is 4.85. The van der Waals surface area contributed by atoms with Crippen LogP contribution >= 0.6 is 12.2 Å². The molecular formula is C10H7N3S. The summed E-state index contributed by atoms with van der Waals surface area (Å²) >= 11 is 4.85. The van der Waals surface area contributed by atoms with Gasteiger partial charge in [0.2, 0.25) is 0 Å². The number of rotatable bonds is 2. The highest BCUT2D eigenvalue weighted by Crippen LogP contribution is 2.14. The fourth-order valence-corrected chi connectivity index (χ4v) is 1.31. The lowest BCUT2D eigenvalue weighted by atomic mass is 10.2. The van der Waals surface area contributed by atoms with E-state index < -0.39 is 0 Å². The molecule has 2 rings (SSSR count). The minimum Gasteiger partial charge on any atom is -0.255 e. The van der Waals surface area contributed by atoms with E-state index in [1.807, 2.05) is 18.2 Å². The molecule has 68 valence electrons. The van der Waals surface area contributed by atoms with Crippen LogP contribution in [0.3, 0.4) is 0 Å². The molecule has 4 heteroatoms. The van der Waals surface area contributed by atoms with Crippen molar-refractivity contribution >= 4 is 17.6 Å². The maximum absolute atomic E-state index is 4.85. The van der Waals surface area contributed by atoms with Gasteiger partial charge in [0, 0.05) is 24.0 Å². The molecule has 3 nitrogen and oxygen atoms in total. The highest BCUT2D eigenvalue weighted by Gasteiger charge is 2.04. The monoisotopic (exact) mass is 201 g/mol. The van der Waals surface area contributed by atoms with Gasteiger partial charge < -0.3 is 0 Å². The van der Waals surface area contributed by atoms with Gasteiger partial charge in [0.15, 0.2) is 0 Å². The van der Waals surface area contributed by atoms with Crippen molar-refractivity contribution in [1.29, 1.82) is 0 Å². The first-order valence-electron chi connectivity index (χ1n) is 4.09. The molecule has 2 heterocycles. The molecule has 0 aliphatic rings. The van der Waals surface area contributed by atoms with E-state index in [2.05, 4.69) is 15.0 Å². The van der Waals surface area contributed by atoms with E-state index in [9.17, 15) is 0 Å². The van der Waals surface area contributed by atoms with Gasteiger partial charge in [-0.05, 0) is 12.1 Å². The number of aromatic nitrogens is 3. The summed E-state index contributed by atoms with van der Waals surface area (Å²) in [5.74, 6) is 0. The van der Waals surface area contributed by atoms with Gasteiger partial charge >= 0.3 is 0 Å². The Balaban J connectivity index is 2.57. The number of hydrogen-bond acceptors (Lipinski definition) is 4. The van der Waals surface area contributed by atoms with Gasteiger partial charge in [-0.2, -0.15) is 0 Å². The first kappa shape index (κ1) is 8.90. The van der Waals surface area contributed by atoms with Crippen molar-refractivity contribution < 1.29 is 0 Å². The van der Waals surface area contributed by atoms with Crippen LogP contribution in [0, 0.1) is 0 Å². The third kappa shape index (κ3) is 1.65. The minimum absolute atomic E-state index is 0.682.